The van der Waals surface area contributed by atoms with Crippen LogP contribution in [0.5, 0.6) is 0 Å². The van der Waals surface area contributed by atoms with E-state index >= 15 is 0 Å². The molecule has 0 bridgehead atoms. The third kappa shape index (κ3) is 7.13. The minimum Gasteiger partial charge on any atom is -0.388 e. The number of benzene rings is 1. The maximum Gasteiger partial charge on any atom is 0.202 e. The molecule has 0 saturated heterocycles. The number of anilines is 1. The number of nitrogens with zero attached hydrogens (tertiary/aromatic N) is 2. The van der Waals surface area contributed by atoms with Crippen LogP contribution in [0.2, 0.25) is 0 Å². The molecule has 1 heterocycles. The van der Waals surface area contributed by atoms with Gasteiger partial charge in [0.05, 0.1) is 6.10 Å². The first-order valence-corrected chi connectivity index (χ1v) is 9.35. The van der Waals surface area contributed by atoms with Crippen molar-refractivity contribution in [2.24, 2.45) is 15.7 Å². The second kappa shape index (κ2) is 10.7. The van der Waals surface area contributed by atoms with Crippen molar-refractivity contribution in [3.63, 3.8) is 0 Å². The van der Waals surface area contributed by atoms with Gasteiger partial charge in [-0.1, -0.05) is 44.7 Å². The Bertz CT molecular complexity index is 585. The molecule has 5 N–H and O–H groups in total. The Balaban J connectivity index is 2.08. The molecule has 0 amide bonds. The van der Waals surface area contributed by atoms with Gasteiger partial charge >= 0.3 is 0 Å². The summed E-state index contributed by atoms with van der Waals surface area (Å²) in [6.07, 6.45) is 7.00. The minimum atomic E-state index is -0.440. The van der Waals surface area contributed by atoms with Gasteiger partial charge in [0.15, 0.2) is 5.96 Å². The summed E-state index contributed by atoms with van der Waals surface area (Å²) in [4.78, 5) is 8.93. The molecule has 0 fully saturated rings. The molecule has 138 valence electrons. The zero-order valence-electron chi connectivity index (χ0n) is 15.2. The molecule has 6 heteroatoms. The monoisotopic (exact) mass is 345 g/mol. The van der Waals surface area contributed by atoms with Crippen molar-refractivity contribution >= 4 is 17.6 Å². The van der Waals surface area contributed by atoms with Crippen molar-refractivity contribution in [1.82, 2.24) is 5.32 Å². The van der Waals surface area contributed by atoms with Gasteiger partial charge in [-0.25, -0.2) is 0 Å². The first kappa shape index (κ1) is 19.2. The highest BCUT2D eigenvalue weighted by atomic mass is 16.3. The third-order valence-electron chi connectivity index (χ3n) is 4.21. The molecule has 1 aliphatic heterocycles. The quantitative estimate of drug-likeness (QED) is 0.674. The van der Waals surface area contributed by atoms with E-state index in [1.807, 2.05) is 24.3 Å². The second-order valence-corrected chi connectivity index (χ2v) is 6.44. The van der Waals surface area contributed by atoms with Gasteiger partial charge in [-0.2, -0.15) is 0 Å². The third-order valence-corrected chi connectivity index (χ3v) is 4.21. The van der Waals surface area contributed by atoms with Crippen molar-refractivity contribution in [3.8, 4) is 0 Å². The lowest BCUT2D eigenvalue weighted by atomic mass is 10.0. The van der Waals surface area contributed by atoms with Gasteiger partial charge in [0.25, 0.3) is 0 Å². The summed E-state index contributed by atoms with van der Waals surface area (Å²) < 4.78 is 0. The maximum atomic E-state index is 10.2. The Morgan fingerprint density at radius 2 is 1.88 bits per heavy atom. The molecule has 0 spiro atoms. The second-order valence-electron chi connectivity index (χ2n) is 6.44. The van der Waals surface area contributed by atoms with Crippen LogP contribution in [0.4, 0.5) is 5.69 Å². The molecular formula is C19H31N5O. The smallest absolute Gasteiger partial charge is 0.202 e. The lowest BCUT2D eigenvalue weighted by Gasteiger charge is -2.15. The Morgan fingerprint density at radius 1 is 1.16 bits per heavy atom. The first-order valence-electron chi connectivity index (χ1n) is 9.35. The molecule has 25 heavy (non-hydrogen) atoms. The van der Waals surface area contributed by atoms with E-state index in [4.69, 9.17) is 5.73 Å². The van der Waals surface area contributed by atoms with Crippen molar-refractivity contribution in [2.75, 3.05) is 18.4 Å². The van der Waals surface area contributed by atoms with Crippen LogP contribution in [-0.2, 0) is 0 Å². The van der Waals surface area contributed by atoms with Gasteiger partial charge in [0.1, 0.15) is 0 Å². The molecule has 0 aliphatic carbocycles. The molecule has 2 rings (SSSR count). The average Bonchev–Trinajstić information content (AvgIpc) is 2.59. The van der Waals surface area contributed by atoms with Crippen molar-refractivity contribution in [3.05, 3.63) is 29.8 Å². The highest BCUT2D eigenvalue weighted by Crippen LogP contribution is 2.21. The van der Waals surface area contributed by atoms with Crippen molar-refractivity contribution < 1.29 is 5.11 Å². The standard InChI is InChI=1S/C19H31N5O/c1-2-9-17(25)15-10-8-11-16(14-15)23-19-22-13-7-5-3-4-6-12-21-18(20)24-19/h8,10-11,14,17,25H,2-7,9,12-13H2,1H3,(H4,20,21,22,23,24). The zero-order valence-corrected chi connectivity index (χ0v) is 15.2. The molecule has 1 aromatic carbocycles. The van der Waals surface area contributed by atoms with Crippen LogP contribution in [0.3, 0.4) is 0 Å². The number of aliphatic hydroxyl groups is 1. The maximum absolute atomic E-state index is 10.2. The zero-order chi connectivity index (χ0) is 17.9. The summed E-state index contributed by atoms with van der Waals surface area (Å²) in [5.74, 6) is 0.984. The number of hydrogen-bond donors (Lipinski definition) is 4. The summed E-state index contributed by atoms with van der Waals surface area (Å²) in [6, 6.07) is 7.78. The molecule has 1 atom stereocenters. The first-order chi connectivity index (χ1) is 12.2. The number of aliphatic hydroxyl groups excluding tert-OH is 1. The molecule has 0 radical (unpaired) electrons. The highest BCUT2D eigenvalue weighted by Gasteiger charge is 2.08. The summed E-state index contributed by atoms with van der Waals surface area (Å²) in [7, 11) is 0. The van der Waals surface area contributed by atoms with E-state index in [-0.39, 0.29) is 0 Å². The molecule has 0 saturated carbocycles. The lowest BCUT2D eigenvalue weighted by molar-refractivity contribution is 0.166. The van der Waals surface area contributed by atoms with Crippen LogP contribution >= 0.6 is 0 Å². The number of rotatable bonds is 4. The van der Waals surface area contributed by atoms with Crippen LogP contribution in [0.1, 0.15) is 63.5 Å². The SMILES string of the molecule is CCCC(O)c1cccc(NC2=NCCCCCCCN=C(N)N2)c1. The van der Waals surface area contributed by atoms with Gasteiger partial charge in [-0.15, -0.1) is 0 Å². The molecule has 1 unspecified atom stereocenters. The van der Waals surface area contributed by atoms with E-state index in [1.54, 1.807) is 0 Å². The number of nitrogens with one attached hydrogen (secondary N) is 2. The highest BCUT2D eigenvalue weighted by molar-refractivity contribution is 6.04. The molecular weight excluding hydrogens is 314 g/mol. The van der Waals surface area contributed by atoms with Gasteiger partial charge in [0, 0.05) is 18.8 Å². The predicted octanol–water partition coefficient (Wildman–Crippen LogP) is 3.16. The number of aliphatic imine (C=N–C) groups is 2. The van der Waals surface area contributed by atoms with Gasteiger partial charge in [0.2, 0.25) is 5.96 Å². The largest absolute Gasteiger partial charge is 0.388 e. The average molecular weight is 345 g/mol. The van der Waals surface area contributed by atoms with E-state index in [2.05, 4.69) is 27.5 Å². The number of guanidine groups is 2. The molecule has 6 nitrogen and oxygen atoms in total. The van der Waals surface area contributed by atoms with Crippen LogP contribution < -0.4 is 16.4 Å². The van der Waals surface area contributed by atoms with Crippen LogP contribution in [-0.4, -0.2) is 30.1 Å². The Hall–Kier alpha value is -2.08. The normalized spacial score (nSPS) is 18.0. The van der Waals surface area contributed by atoms with Gasteiger partial charge in [-0.05, 0) is 37.0 Å². The Kier molecular flexibility index (Phi) is 8.25. The van der Waals surface area contributed by atoms with Crippen LogP contribution in [0, 0.1) is 0 Å². The van der Waals surface area contributed by atoms with Crippen molar-refractivity contribution in [2.45, 2.75) is 58.0 Å². The van der Waals surface area contributed by atoms with E-state index in [1.165, 1.54) is 19.3 Å². The molecule has 0 aromatic heterocycles. The van der Waals surface area contributed by atoms with Crippen LogP contribution in [0.25, 0.3) is 0 Å². The summed E-state index contributed by atoms with van der Waals surface area (Å²) in [5.41, 5.74) is 7.73. The van der Waals surface area contributed by atoms with E-state index in [0.717, 1.165) is 50.0 Å². The Morgan fingerprint density at radius 3 is 2.64 bits per heavy atom. The van der Waals surface area contributed by atoms with E-state index in [0.29, 0.717) is 11.9 Å². The van der Waals surface area contributed by atoms with Crippen molar-refractivity contribution in [1.29, 1.82) is 0 Å². The summed E-state index contributed by atoms with van der Waals surface area (Å²) in [5, 5.41) is 16.5. The Labute approximate surface area is 150 Å². The molecule has 1 aromatic rings. The summed E-state index contributed by atoms with van der Waals surface area (Å²) in [6.45, 7) is 3.56. The van der Waals surface area contributed by atoms with Gasteiger partial charge < -0.3 is 16.2 Å². The molecule has 1 aliphatic rings. The fourth-order valence-corrected chi connectivity index (χ4v) is 2.82. The lowest BCUT2D eigenvalue weighted by Crippen LogP contribution is -2.41. The van der Waals surface area contributed by atoms with Gasteiger partial charge in [-0.3, -0.25) is 15.3 Å². The minimum absolute atomic E-state index is 0.383. The number of nitrogens with two attached hydrogens (primary N) is 1. The van der Waals surface area contributed by atoms with E-state index < -0.39 is 6.10 Å². The van der Waals surface area contributed by atoms with E-state index in [9.17, 15) is 5.11 Å². The predicted molar refractivity (Wildman–Crippen MR) is 105 cm³/mol. The fraction of sp³-hybridized carbons (Fsp3) is 0.579. The topological polar surface area (TPSA) is 95.0 Å². The fourth-order valence-electron chi connectivity index (χ4n) is 2.82. The van der Waals surface area contributed by atoms with Crippen LogP contribution in [0.15, 0.2) is 34.3 Å². The number of hydrogen-bond acceptors (Lipinski definition) is 6. The summed E-state index contributed by atoms with van der Waals surface area (Å²) >= 11 is 0.